The van der Waals surface area contributed by atoms with E-state index in [0.29, 0.717) is 17.5 Å². The number of hydrogen-bond acceptors (Lipinski definition) is 5. The lowest BCUT2D eigenvalue weighted by Crippen LogP contribution is -2.43. The number of rotatable bonds is 9. The minimum atomic E-state index is -1.27. The van der Waals surface area contributed by atoms with Crippen LogP contribution >= 0.6 is 0 Å². The van der Waals surface area contributed by atoms with E-state index in [-0.39, 0.29) is 43.7 Å². The molecule has 1 aliphatic rings. The van der Waals surface area contributed by atoms with E-state index >= 15 is 0 Å². The molecule has 3 aromatic rings. The van der Waals surface area contributed by atoms with E-state index in [0.717, 1.165) is 5.69 Å². The van der Waals surface area contributed by atoms with E-state index in [1.54, 1.807) is 49.6 Å². The van der Waals surface area contributed by atoms with Gasteiger partial charge >= 0.3 is 0 Å². The Morgan fingerprint density at radius 1 is 1.03 bits per heavy atom. The Kier molecular flexibility index (Phi) is 7.36. The summed E-state index contributed by atoms with van der Waals surface area (Å²) in [7, 11) is 1.60. The number of carbonyl (C=O) groups is 3. The van der Waals surface area contributed by atoms with Crippen LogP contribution in [0.5, 0.6) is 0 Å². The Bertz CT molecular complexity index is 1170. The number of aliphatic hydroxyl groups excluding tert-OH is 1. The first-order chi connectivity index (χ1) is 16.9. The van der Waals surface area contributed by atoms with Crippen molar-refractivity contribution in [2.24, 2.45) is 0 Å². The fourth-order valence-electron chi connectivity index (χ4n) is 4.56. The van der Waals surface area contributed by atoms with Crippen molar-refractivity contribution in [2.45, 2.75) is 30.8 Å². The molecule has 7 nitrogen and oxygen atoms in total. The molecule has 2 heterocycles. The van der Waals surface area contributed by atoms with Gasteiger partial charge in [-0.2, -0.15) is 0 Å². The molecule has 1 aliphatic heterocycles. The highest BCUT2D eigenvalue weighted by atomic mass is 16.3. The van der Waals surface area contributed by atoms with Crippen molar-refractivity contribution in [3.63, 3.8) is 0 Å². The summed E-state index contributed by atoms with van der Waals surface area (Å²) in [5.74, 6) is -0.971. The van der Waals surface area contributed by atoms with Gasteiger partial charge in [-0.05, 0) is 23.3 Å². The number of hydrogen-bond donors (Lipinski definition) is 1. The summed E-state index contributed by atoms with van der Waals surface area (Å²) in [6, 6.07) is 23.7. The highest BCUT2D eigenvalue weighted by molar-refractivity contribution is 6.10. The highest BCUT2D eigenvalue weighted by Crippen LogP contribution is 2.40. The second-order valence-electron chi connectivity index (χ2n) is 8.92. The van der Waals surface area contributed by atoms with Gasteiger partial charge in [0.25, 0.3) is 0 Å². The molecule has 0 aliphatic carbocycles. The third-order valence-corrected chi connectivity index (χ3v) is 6.56. The molecule has 0 spiro atoms. The Balaban J connectivity index is 1.53. The largest absolute Gasteiger partial charge is 0.387 e. The number of pyridine rings is 1. The number of carbonyl (C=O) groups excluding carboxylic acids is 3. The van der Waals surface area contributed by atoms with Crippen molar-refractivity contribution in [1.82, 2.24) is 14.8 Å². The maximum absolute atomic E-state index is 13.7. The van der Waals surface area contributed by atoms with Crippen LogP contribution in [0.25, 0.3) is 0 Å². The van der Waals surface area contributed by atoms with Crippen LogP contribution < -0.4 is 0 Å². The zero-order chi connectivity index (χ0) is 24.8. The molecular formula is C28H29N3O4. The topological polar surface area (TPSA) is 90.8 Å². The molecule has 0 saturated carbocycles. The zero-order valence-electron chi connectivity index (χ0n) is 19.7. The number of amides is 3. The SMILES string of the molecule is CN(CC(O)c1ccccc1)C(=O)CC1(c2ccccc2)CC(=O)N(CCc2ccccn2)C1=O. The van der Waals surface area contributed by atoms with Crippen LogP contribution in [-0.4, -0.2) is 57.7 Å². The summed E-state index contributed by atoms with van der Waals surface area (Å²) in [6.07, 6.45) is 1.04. The van der Waals surface area contributed by atoms with E-state index in [1.807, 2.05) is 42.5 Å². The number of aliphatic hydroxyl groups is 1. The first-order valence-corrected chi connectivity index (χ1v) is 11.7. The first-order valence-electron chi connectivity index (χ1n) is 11.7. The van der Waals surface area contributed by atoms with Crippen molar-refractivity contribution in [3.8, 4) is 0 Å². The van der Waals surface area contributed by atoms with Crippen LogP contribution in [-0.2, 0) is 26.2 Å². The Morgan fingerprint density at radius 2 is 1.69 bits per heavy atom. The summed E-state index contributed by atoms with van der Waals surface area (Å²) >= 11 is 0. The molecule has 2 unspecified atom stereocenters. The quantitative estimate of drug-likeness (QED) is 0.485. The molecular weight excluding hydrogens is 442 g/mol. The number of aromatic nitrogens is 1. The predicted molar refractivity (Wildman–Crippen MR) is 131 cm³/mol. The van der Waals surface area contributed by atoms with Gasteiger partial charge in [-0.3, -0.25) is 24.3 Å². The summed E-state index contributed by atoms with van der Waals surface area (Å²) in [5, 5.41) is 10.6. The van der Waals surface area contributed by atoms with Crippen LogP contribution in [0.3, 0.4) is 0 Å². The number of likely N-dealkylation sites (tertiary alicyclic amines) is 1. The molecule has 1 N–H and O–H groups in total. The molecule has 1 saturated heterocycles. The van der Waals surface area contributed by atoms with Gasteiger partial charge < -0.3 is 10.0 Å². The molecule has 7 heteroatoms. The Labute approximate surface area is 205 Å². The van der Waals surface area contributed by atoms with Crippen LogP contribution in [0.1, 0.15) is 35.8 Å². The van der Waals surface area contributed by atoms with Crippen molar-refractivity contribution in [3.05, 3.63) is 102 Å². The summed E-state index contributed by atoms with van der Waals surface area (Å²) in [6.45, 7) is 0.291. The summed E-state index contributed by atoms with van der Waals surface area (Å²) in [5.41, 5.74) is 0.865. The lowest BCUT2D eigenvalue weighted by Gasteiger charge is -2.30. The second kappa shape index (κ2) is 10.6. The van der Waals surface area contributed by atoms with Gasteiger partial charge in [0.05, 0.1) is 18.1 Å². The van der Waals surface area contributed by atoms with Crippen LogP contribution in [0.4, 0.5) is 0 Å². The summed E-state index contributed by atoms with van der Waals surface area (Å²) in [4.78, 5) is 47.0. The van der Waals surface area contributed by atoms with Gasteiger partial charge in [0.2, 0.25) is 17.7 Å². The minimum absolute atomic E-state index is 0.0706. The average molecular weight is 472 g/mol. The first kappa shape index (κ1) is 24.3. The number of nitrogens with zero attached hydrogens (tertiary/aromatic N) is 3. The Morgan fingerprint density at radius 3 is 2.34 bits per heavy atom. The van der Waals surface area contributed by atoms with Gasteiger partial charge in [-0.15, -0.1) is 0 Å². The smallest absolute Gasteiger partial charge is 0.240 e. The molecule has 2 aromatic carbocycles. The maximum atomic E-state index is 13.7. The van der Waals surface area contributed by atoms with Crippen LogP contribution in [0, 0.1) is 0 Å². The minimum Gasteiger partial charge on any atom is -0.387 e. The third-order valence-electron chi connectivity index (χ3n) is 6.56. The van der Waals surface area contributed by atoms with E-state index < -0.39 is 11.5 Å². The fourth-order valence-corrected chi connectivity index (χ4v) is 4.56. The number of imide groups is 1. The molecule has 1 aromatic heterocycles. The fraction of sp³-hybridized carbons (Fsp3) is 0.286. The number of benzene rings is 2. The standard InChI is InChI=1S/C28H29N3O4/c1-30(20-24(32)21-10-4-2-5-11-21)25(33)18-28(22-12-6-3-7-13-22)19-26(34)31(27(28)35)17-15-23-14-8-9-16-29-23/h2-14,16,24,32H,15,17-20H2,1H3. The highest BCUT2D eigenvalue weighted by Gasteiger charge is 2.53. The van der Waals surface area contributed by atoms with Gasteiger partial charge in [-0.1, -0.05) is 66.7 Å². The van der Waals surface area contributed by atoms with E-state index in [1.165, 1.54) is 9.80 Å². The average Bonchev–Trinajstić information content (AvgIpc) is 3.13. The van der Waals surface area contributed by atoms with Crippen molar-refractivity contribution in [2.75, 3.05) is 20.1 Å². The van der Waals surface area contributed by atoms with Gasteiger partial charge in [-0.25, -0.2) is 0 Å². The van der Waals surface area contributed by atoms with Crippen LogP contribution in [0.2, 0.25) is 0 Å². The molecule has 2 atom stereocenters. The van der Waals surface area contributed by atoms with E-state index in [2.05, 4.69) is 4.98 Å². The lowest BCUT2D eigenvalue weighted by molar-refractivity contribution is -0.142. The van der Waals surface area contributed by atoms with Gasteiger partial charge in [0.15, 0.2) is 0 Å². The van der Waals surface area contributed by atoms with Crippen LogP contribution in [0.15, 0.2) is 85.1 Å². The Hall–Kier alpha value is -3.84. The molecule has 4 rings (SSSR count). The maximum Gasteiger partial charge on any atom is 0.240 e. The van der Waals surface area contributed by atoms with Crippen molar-refractivity contribution >= 4 is 17.7 Å². The molecule has 0 radical (unpaired) electrons. The predicted octanol–water partition coefficient (Wildman–Crippen LogP) is 2.90. The van der Waals surface area contributed by atoms with Crippen molar-refractivity contribution in [1.29, 1.82) is 0 Å². The second-order valence-corrected chi connectivity index (χ2v) is 8.92. The monoisotopic (exact) mass is 471 g/mol. The van der Waals surface area contributed by atoms with E-state index in [9.17, 15) is 19.5 Å². The number of likely N-dealkylation sites (N-methyl/N-ethyl adjacent to an activating group) is 1. The zero-order valence-corrected chi connectivity index (χ0v) is 19.7. The van der Waals surface area contributed by atoms with Gasteiger partial charge in [0, 0.05) is 44.7 Å². The molecule has 3 amide bonds. The molecule has 1 fully saturated rings. The molecule has 35 heavy (non-hydrogen) atoms. The molecule has 180 valence electrons. The summed E-state index contributed by atoms with van der Waals surface area (Å²) < 4.78 is 0. The van der Waals surface area contributed by atoms with Gasteiger partial charge in [0.1, 0.15) is 0 Å². The van der Waals surface area contributed by atoms with E-state index in [4.69, 9.17) is 0 Å². The lowest BCUT2D eigenvalue weighted by atomic mass is 9.75. The third kappa shape index (κ3) is 5.30. The normalized spacial score (nSPS) is 18.5. The molecule has 0 bridgehead atoms. The van der Waals surface area contributed by atoms with Crippen molar-refractivity contribution < 1.29 is 19.5 Å².